The molecular weight excluding hydrogens is 292 g/mol. The van der Waals surface area contributed by atoms with Crippen LogP contribution in [0.1, 0.15) is 24.5 Å². The molecule has 0 saturated carbocycles. The summed E-state index contributed by atoms with van der Waals surface area (Å²) < 4.78 is 0. The molecule has 0 radical (unpaired) electrons. The number of nitrogens with one attached hydrogen (secondary N) is 2. The molecule has 0 unspecified atom stereocenters. The standard InChI is InChI=1S/C17H28N4S/c1-4-18-17(19-9-11-22-3)20-13-14-7-8-16-15(12-14)6-5-10-21(16)2/h7-8,12H,4-6,9-11,13H2,1-3H3,(H2,18,19,20). The van der Waals surface area contributed by atoms with Crippen LogP contribution in [0.15, 0.2) is 23.2 Å². The van der Waals surface area contributed by atoms with Crippen molar-refractivity contribution in [3.63, 3.8) is 0 Å². The van der Waals surface area contributed by atoms with Crippen molar-refractivity contribution in [2.45, 2.75) is 26.3 Å². The fourth-order valence-corrected chi connectivity index (χ4v) is 3.03. The van der Waals surface area contributed by atoms with Gasteiger partial charge >= 0.3 is 0 Å². The van der Waals surface area contributed by atoms with Crippen molar-refractivity contribution in [2.75, 3.05) is 43.6 Å². The van der Waals surface area contributed by atoms with E-state index in [1.165, 1.54) is 29.7 Å². The molecule has 2 rings (SSSR count). The highest BCUT2D eigenvalue weighted by atomic mass is 32.2. The van der Waals surface area contributed by atoms with Gasteiger partial charge in [-0.25, -0.2) is 4.99 Å². The highest BCUT2D eigenvalue weighted by Crippen LogP contribution is 2.26. The topological polar surface area (TPSA) is 39.7 Å². The molecule has 1 aliphatic heterocycles. The Morgan fingerprint density at radius 3 is 3.00 bits per heavy atom. The molecule has 0 fully saturated rings. The van der Waals surface area contributed by atoms with Crippen LogP contribution in [0.5, 0.6) is 0 Å². The minimum absolute atomic E-state index is 0.728. The quantitative estimate of drug-likeness (QED) is 0.480. The van der Waals surface area contributed by atoms with E-state index in [1.807, 2.05) is 11.8 Å². The van der Waals surface area contributed by atoms with E-state index in [1.54, 1.807) is 0 Å². The number of rotatable bonds is 6. The average molecular weight is 321 g/mol. The minimum atomic E-state index is 0.728. The molecule has 0 spiro atoms. The van der Waals surface area contributed by atoms with Gasteiger partial charge in [-0.15, -0.1) is 0 Å². The number of benzene rings is 1. The number of aliphatic imine (C=N–C) groups is 1. The Labute approximate surface area is 138 Å². The molecule has 0 aromatic heterocycles. The average Bonchev–Trinajstić information content (AvgIpc) is 2.53. The molecule has 1 aromatic carbocycles. The Hall–Kier alpha value is -1.36. The van der Waals surface area contributed by atoms with Gasteiger partial charge in [-0.3, -0.25) is 0 Å². The number of thioether (sulfide) groups is 1. The fourth-order valence-electron chi connectivity index (χ4n) is 2.72. The smallest absolute Gasteiger partial charge is 0.191 e. The van der Waals surface area contributed by atoms with Crippen LogP contribution in [0, 0.1) is 0 Å². The van der Waals surface area contributed by atoms with Gasteiger partial charge in [0.15, 0.2) is 5.96 Å². The molecule has 122 valence electrons. The Morgan fingerprint density at radius 1 is 1.36 bits per heavy atom. The summed E-state index contributed by atoms with van der Waals surface area (Å²) in [7, 11) is 2.18. The van der Waals surface area contributed by atoms with E-state index in [4.69, 9.17) is 4.99 Å². The van der Waals surface area contributed by atoms with Crippen LogP contribution in [-0.2, 0) is 13.0 Å². The molecule has 22 heavy (non-hydrogen) atoms. The maximum absolute atomic E-state index is 4.70. The van der Waals surface area contributed by atoms with Gasteiger partial charge in [-0.1, -0.05) is 12.1 Å². The Bertz CT molecular complexity index is 501. The van der Waals surface area contributed by atoms with E-state index in [-0.39, 0.29) is 0 Å². The first-order valence-corrected chi connectivity index (χ1v) is 9.48. The molecule has 0 atom stereocenters. The van der Waals surface area contributed by atoms with E-state index < -0.39 is 0 Å². The van der Waals surface area contributed by atoms with Crippen LogP contribution >= 0.6 is 11.8 Å². The highest BCUT2D eigenvalue weighted by molar-refractivity contribution is 7.98. The van der Waals surface area contributed by atoms with Crippen LogP contribution in [0.3, 0.4) is 0 Å². The van der Waals surface area contributed by atoms with Gasteiger partial charge < -0.3 is 15.5 Å². The van der Waals surface area contributed by atoms with Crippen molar-refractivity contribution in [2.24, 2.45) is 4.99 Å². The van der Waals surface area contributed by atoms with Crippen LogP contribution in [0.25, 0.3) is 0 Å². The second-order valence-electron chi connectivity index (χ2n) is 5.60. The third-order valence-electron chi connectivity index (χ3n) is 3.86. The summed E-state index contributed by atoms with van der Waals surface area (Å²) in [6, 6.07) is 6.77. The van der Waals surface area contributed by atoms with E-state index >= 15 is 0 Å². The number of hydrogen-bond donors (Lipinski definition) is 2. The van der Waals surface area contributed by atoms with Crippen molar-refractivity contribution in [3.05, 3.63) is 29.3 Å². The summed E-state index contributed by atoms with van der Waals surface area (Å²) in [6.45, 7) is 5.82. The number of guanidine groups is 1. The normalized spacial score (nSPS) is 14.7. The van der Waals surface area contributed by atoms with Gasteiger partial charge in [-0.2, -0.15) is 11.8 Å². The SMILES string of the molecule is CCNC(=NCc1ccc2c(c1)CCCN2C)NCCSC. The Morgan fingerprint density at radius 2 is 2.23 bits per heavy atom. The summed E-state index contributed by atoms with van der Waals surface area (Å²) in [5.41, 5.74) is 4.13. The van der Waals surface area contributed by atoms with Crippen molar-refractivity contribution >= 4 is 23.4 Å². The van der Waals surface area contributed by atoms with E-state index in [0.717, 1.165) is 37.9 Å². The van der Waals surface area contributed by atoms with Crippen molar-refractivity contribution in [3.8, 4) is 0 Å². The first-order valence-electron chi connectivity index (χ1n) is 8.08. The van der Waals surface area contributed by atoms with Crippen molar-refractivity contribution in [1.82, 2.24) is 10.6 Å². The maximum atomic E-state index is 4.70. The fraction of sp³-hybridized carbons (Fsp3) is 0.588. The van der Waals surface area contributed by atoms with Crippen molar-refractivity contribution < 1.29 is 0 Å². The molecule has 1 aromatic rings. The first kappa shape index (κ1) is 17.0. The van der Waals surface area contributed by atoms with E-state index in [9.17, 15) is 0 Å². The highest BCUT2D eigenvalue weighted by Gasteiger charge is 2.13. The number of aryl methyl sites for hydroxylation is 1. The van der Waals surface area contributed by atoms with Crippen LogP contribution in [-0.4, -0.2) is 44.7 Å². The van der Waals surface area contributed by atoms with Gasteiger partial charge in [0.05, 0.1) is 6.54 Å². The predicted octanol–water partition coefficient (Wildman–Crippen LogP) is 2.49. The molecule has 0 saturated heterocycles. The summed E-state index contributed by atoms with van der Waals surface area (Å²) in [5.74, 6) is 2.00. The lowest BCUT2D eigenvalue weighted by molar-refractivity contribution is 0.742. The molecule has 2 N–H and O–H groups in total. The van der Waals surface area contributed by atoms with Gasteiger partial charge in [0.25, 0.3) is 0 Å². The minimum Gasteiger partial charge on any atom is -0.374 e. The van der Waals surface area contributed by atoms with Gasteiger partial charge in [0, 0.05) is 38.1 Å². The lowest BCUT2D eigenvalue weighted by Crippen LogP contribution is -2.38. The summed E-state index contributed by atoms with van der Waals surface area (Å²) >= 11 is 1.84. The van der Waals surface area contributed by atoms with E-state index in [2.05, 4.69) is 54.0 Å². The third kappa shape index (κ3) is 4.83. The lowest BCUT2D eigenvalue weighted by atomic mass is 10.00. The lowest BCUT2D eigenvalue weighted by Gasteiger charge is -2.27. The van der Waals surface area contributed by atoms with Gasteiger partial charge in [-0.05, 0) is 43.2 Å². The van der Waals surface area contributed by atoms with Crippen LogP contribution in [0.4, 0.5) is 5.69 Å². The second kappa shape index (κ2) is 8.93. The summed E-state index contributed by atoms with van der Waals surface area (Å²) in [5, 5.41) is 6.67. The molecule has 5 heteroatoms. The molecule has 4 nitrogen and oxygen atoms in total. The van der Waals surface area contributed by atoms with Gasteiger partial charge in [0.1, 0.15) is 0 Å². The molecule has 1 aliphatic rings. The first-order chi connectivity index (χ1) is 10.7. The predicted molar refractivity (Wildman–Crippen MR) is 99.2 cm³/mol. The van der Waals surface area contributed by atoms with Crippen LogP contribution in [0.2, 0.25) is 0 Å². The molecule has 0 aliphatic carbocycles. The Balaban J connectivity index is 2.00. The zero-order valence-corrected chi connectivity index (χ0v) is 14.8. The largest absolute Gasteiger partial charge is 0.374 e. The number of anilines is 1. The monoisotopic (exact) mass is 320 g/mol. The second-order valence-corrected chi connectivity index (χ2v) is 6.59. The zero-order valence-electron chi connectivity index (χ0n) is 14.0. The number of hydrogen-bond acceptors (Lipinski definition) is 3. The Kier molecular flexibility index (Phi) is 6.90. The summed E-state index contributed by atoms with van der Waals surface area (Å²) in [4.78, 5) is 7.04. The van der Waals surface area contributed by atoms with Crippen LogP contribution < -0.4 is 15.5 Å². The number of fused-ring (bicyclic) bond motifs is 1. The van der Waals surface area contributed by atoms with Crippen molar-refractivity contribution in [1.29, 1.82) is 0 Å². The number of nitrogens with zero attached hydrogens (tertiary/aromatic N) is 2. The molecule has 0 amide bonds. The molecular formula is C17H28N4S. The maximum Gasteiger partial charge on any atom is 0.191 e. The third-order valence-corrected chi connectivity index (χ3v) is 4.47. The molecule has 0 bridgehead atoms. The summed E-state index contributed by atoms with van der Waals surface area (Å²) in [6.07, 6.45) is 4.55. The zero-order chi connectivity index (χ0) is 15.8. The molecule has 1 heterocycles. The van der Waals surface area contributed by atoms with Gasteiger partial charge in [0.2, 0.25) is 0 Å². The van der Waals surface area contributed by atoms with E-state index in [0.29, 0.717) is 0 Å².